The zero-order valence-electron chi connectivity index (χ0n) is 21.2. The first-order chi connectivity index (χ1) is 15.8. The topological polar surface area (TPSA) is 63.2 Å². The van der Waals surface area contributed by atoms with E-state index in [1.54, 1.807) is 0 Å². The number of esters is 1. The molecule has 192 valence electrons. The number of hydrogen-bond donors (Lipinski definition) is 0. The van der Waals surface area contributed by atoms with Crippen molar-refractivity contribution in [3.8, 4) is 0 Å². The number of carbonyl (C=O) groups excluding carboxylic acids is 1. The van der Waals surface area contributed by atoms with Gasteiger partial charge in [0.05, 0.1) is 46.2 Å². The molecule has 0 N–H and O–H groups in total. The standard InChI is InChI=1S/C26H52O6/c1-3-5-7-9-10-11-12-13-17-28-20-22-30-24-25-31-23-21-29-18-15-16-26(27)32-19-14-8-6-4-2/h3-25H2,1-2H3. The van der Waals surface area contributed by atoms with Gasteiger partial charge in [0.1, 0.15) is 0 Å². The van der Waals surface area contributed by atoms with Gasteiger partial charge in [-0.25, -0.2) is 0 Å². The Morgan fingerprint density at radius 2 is 0.812 bits per heavy atom. The number of hydrogen-bond acceptors (Lipinski definition) is 6. The maximum atomic E-state index is 11.6. The van der Waals surface area contributed by atoms with Gasteiger partial charge in [-0.15, -0.1) is 0 Å². The van der Waals surface area contributed by atoms with Gasteiger partial charge in [-0.1, -0.05) is 78.1 Å². The molecule has 0 amide bonds. The predicted octanol–water partition coefficient (Wildman–Crippen LogP) is 6.10. The summed E-state index contributed by atoms with van der Waals surface area (Å²) in [5, 5.41) is 0. The number of carbonyl (C=O) groups is 1. The molecule has 0 aromatic rings. The van der Waals surface area contributed by atoms with Crippen molar-refractivity contribution in [1.29, 1.82) is 0 Å². The maximum Gasteiger partial charge on any atom is 0.305 e. The van der Waals surface area contributed by atoms with Crippen LogP contribution in [0.1, 0.15) is 104 Å². The molecule has 0 aromatic carbocycles. The summed E-state index contributed by atoms with van der Waals surface area (Å²) in [6.07, 6.45) is 16.2. The van der Waals surface area contributed by atoms with Crippen LogP contribution in [-0.4, -0.2) is 65.4 Å². The third-order valence-corrected chi connectivity index (χ3v) is 5.19. The average molecular weight is 461 g/mol. The second-order valence-electron chi connectivity index (χ2n) is 8.31. The van der Waals surface area contributed by atoms with Crippen molar-refractivity contribution < 1.29 is 28.5 Å². The molecular formula is C26H52O6. The lowest BCUT2D eigenvalue weighted by atomic mass is 10.1. The minimum absolute atomic E-state index is 0.125. The van der Waals surface area contributed by atoms with E-state index in [0.717, 1.165) is 25.9 Å². The molecule has 32 heavy (non-hydrogen) atoms. The summed E-state index contributed by atoms with van der Waals surface area (Å²) in [7, 11) is 0. The molecule has 0 saturated heterocycles. The van der Waals surface area contributed by atoms with E-state index >= 15 is 0 Å². The molecule has 0 unspecified atom stereocenters. The normalized spacial score (nSPS) is 11.2. The molecule has 0 spiro atoms. The van der Waals surface area contributed by atoms with E-state index in [-0.39, 0.29) is 5.97 Å². The highest BCUT2D eigenvalue weighted by Gasteiger charge is 2.02. The monoisotopic (exact) mass is 460 g/mol. The zero-order chi connectivity index (χ0) is 23.4. The van der Waals surface area contributed by atoms with Gasteiger partial charge in [-0.2, -0.15) is 0 Å². The summed E-state index contributed by atoms with van der Waals surface area (Å²) >= 11 is 0. The fourth-order valence-corrected chi connectivity index (χ4v) is 3.21. The lowest BCUT2D eigenvalue weighted by molar-refractivity contribution is -0.144. The third kappa shape index (κ3) is 27.3. The fourth-order valence-electron chi connectivity index (χ4n) is 3.21. The summed E-state index contributed by atoms with van der Waals surface area (Å²) in [6.45, 7) is 9.84. The highest BCUT2D eigenvalue weighted by atomic mass is 16.6. The highest BCUT2D eigenvalue weighted by Crippen LogP contribution is 2.08. The molecule has 6 nitrogen and oxygen atoms in total. The van der Waals surface area contributed by atoms with Crippen molar-refractivity contribution in [2.45, 2.75) is 104 Å². The van der Waals surface area contributed by atoms with Gasteiger partial charge >= 0.3 is 5.97 Å². The Morgan fingerprint density at radius 3 is 1.34 bits per heavy atom. The Balaban J connectivity index is 3.08. The number of unbranched alkanes of at least 4 members (excludes halogenated alkanes) is 10. The largest absolute Gasteiger partial charge is 0.466 e. The second-order valence-corrected chi connectivity index (χ2v) is 8.31. The van der Waals surface area contributed by atoms with Crippen LogP contribution in [0.3, 0.4) is 0 Å². The van der Waals surface area contributed by atoms with E-state index in [0.29, 0.717) is 65.7 Å². The molecular weight excluding hydrogens is 408 g/mol. The highest BCUT2D eigenvalue weighted by molar-refractivity contribution is 5.69. The minimum Gasteiger partial charge on any atom is -0.466 e. The first-order valence-electron chi connectivity index (χ1n) is 13.3. The molecule has 0 bridgehead atoms. The SMILES string of the molecule is CCCCCCCCCCOCCOCCOCCOCCCC(=O)OCCCCCC. The molecule has 0 heterocycles. The molecule has 0 aliphatic heterocycles. The van der Waals surface area contributed by atoms with Gasteiger partial charge < -0.3 is 23.7 Å². The minimum atomic E-state index is -0.125. The predicted molar refractivity (Wildman–Crippen MR) is 130 cm³/mol. The second kappa shape index (κ2) is 28.3. The van der Waals surface area contributed by atoms with Crippen LogP contribution < -0.4 is 0 Å². The van der Waals surface area contributed by atoms with Gasteiger partial charge in [0.25, 0.3) is 0 Å². The molecule has 0 rings (SSSR count). The molecule has 0 fully saturated rings. The van der Waals surface area contributed by atoms with Crippen LogP contribution in [0.15, 0.2) is 0 Å². The Morgan fingerprint density at radius 1 is 0.438 bits per heavy atom. The summed E-state index contributed by atoms with van der Waals surface area (Å²) < 4.78 is 27.2. The first-order valence-corrected chi connectivity index (χ1v) is 13.3. The number of rotatable bonds is 27. The molecule has 6 heteroatoms. The third-order valence-electron chi connectivity index (χ3n) is 5.19. The first kappa shape index (κ1) is 31.3. The van der Waals surface area contributed by atoms with Crippen LogP contribution in [0.4, 0.5) is 0 Å². The van der Waals surface area contributed by atoms with Crippen molar-refractivity contribution >= 4 is 5.97 Å². The molecule has 0 aliphatic rings. The number of ether oxygens (including phenoxy) is 5. The quantitative estimate of drug-likeness (QED) is 0.109. The van der Waals surface area contributed by atoms with Crippen LogP contribution >= 0.6 is 0 Å². The van der Waals surface area contributed by atoms with E-state index in [9.17, 15) is 4.79 Å². The van der Waals surface area contributed by atoms with Crippen molar-refractivity contribution in [3.05, 3.63) is 0 Å². The summed E-state index contributed by atoms with van der Waals surface area (Å²) in [5.74, 6) is -0.125. The van der Waals surface area contributed by atoms with Gasteiger partial charge in [0, 0.05) is 19.6 Å². The smallest absolute Gasteiger partial charge is 0.305 e. The Hall–Kier alpha value is -0.690. The zero-order valence-corrected chi connectivity index (χ0v) is 21.2. The van der Waals surface area contributed by atoms with E-state index in [4.69, 9.17) is 23.7 Å². The Labute approximate surface area is 198 Å². The van der Waals surface area contributed by atoms with Crippen LogP contribution in [-0.2, 0) is 28.5 Å². The Kier molecular flexibility index (Phi) is 27.7. The van der Waals surface area contributed by atoms with Crippen LogP contribution in [0.2, 0.25) is 0 Å². The van der Waals surface area contributed by atoms with Crippen molar-refractivity contribution in [3.63, 3.8) is 0 Å². The van der Waals surface area contributed by atoms with E-state index in [1.165, 1.54) is 57.8 Å². The summed E-state index contributed by atoms with van der Waals surface area (Å²) in [6, 6.07) is 0. The van der Waals surface area contributed by atoms with Crippen molar-refractivity contribution in [1.82, 2.24) is 0 Å². The van der Waals surface area contributed by atoms with Gasteiger partial charge in [-0.05, 0) is 19.3 Å². The van der Waals surface area contributed by atoms with E-state index in [2.05, 4.69) is 13.8 Å². The van der Waals surface area contributed by atoms with E-state index < -0.39 is 0 Å². The van der Waals surface area contributed by atoms with Crippen LogP contribution in [0.5, 0.6) is 0 Å². The Bertz CT molecular complexity index is 364. The average Bonchev–Trinajstić information content (AvgIpc) is 2.80. The lowest BCUT2D eigenvalue weighted by Gasteiger charge is -2.08. The van der Waals surface area contributed by atoms with Crippen molar-refractivity contribution in [2.24, 2.45) is 0 Å². The van der Waals surface area contributed by atoms with Gasteiger partial charge in [-0.3, -0.25) is 4.79 Å². The van der Waals surface area contributed by atoms with Crippen LogP contribution in [0.25, 0.3) is 0 Å². The van der Waals surface area contributed by atoms with Crippen molar-refractivity contribution in [2.75, 3.05) is 59.5 Å². The summed E-state index contributed by atoms with van der Waals surface area (Å²) in [4.78, 5) is 11.6. The molecule has 0 saturated carbocycles. The molecule has 0 aliphatic carbocycles. The van der Waals surface area contributed by atoms with Gasteiger partial charge in [0.15, 0.2) is 0 Å². The molecule has 0 aromatic heterocycles. The molecule has 0 atom stereocenters. The maximum absolute atomic E-state index is 11.6. The van der Waals surface area contributed by atoms with E-state index in [1.807, 2.05) is 0 Å². The van der Waals surface area contributed by atoms with Gasteiger partial charge in [0.2, 0.25) is 0 Å². The summed E-state index contributed by atoms with van der Waals surface area (Å²) in [5.41, 5.74) is 0. The lowest BCUT2D eigenvalue weighted by Crippen LogP contribution is -2.12. The fraction of sp³-hybridized carbons (Fsp3) is 0.962. The van der Waals surface area contributed by atoms with Crippen LogP contribution in [0, 0.1) is 0 Å². The molecule has 0 radical (unpaired) electrons.